The minimum atomic E-state index is -0.434. The molecule has 0 aromatic carbocycles. The van der Waals surface area contributed by atoms with E-state index in [2.05, 4.69) is 17.1 Å². The van der Waals surface area contributed by atoms with Gasteiger partial charge in [-0.2, -0.15) is 0 Å². The molecule has 2 aliphatic rings. The van der Waals surface area contributed by atoms with Crippen molar-refractivity contribution in [1.82, 2.24) is 9.88 Å². The third-order valence-corrected chi connectivity index (χ3v) is 4.23. The molecule has 4 heteroatoms. The van der Waals surface area contributed by atoms with Crippen LogP contribution in [0, 0.1) is 0 Å². The van der Waals surface area contributed by atoms with Crippen molar-refractivity contribution in [1.29, 1.82) is 0 Å². The van der Waals surface area contributed by atoms with Crippen molar-refractivity contribution in [3.8, 4) is 0 Å². The average molecular weight is 300 g/mol. The molecule has 2 bridgehead atoms. The van der Waals surface area contributed by atoms with Gasteiger partial charge in [0.25, 0.3) is 0 Å². The molecular formula is C18H24N2O2. The van der Waals surface area contributed by atoms with Crippen LogP contribution in [0.25, 0.3) is 0 Å². The summed E-state index contributed by atoms with van der Waals surface area (Å²) in [5.41, 5.74) is 2.22. The monoisotopic (exact) mass is 300 g/mol. The highest BCUT2D eigenvalue weighted by molar-refractivity contribution is 5.70. The van der Waals surface area contributed by atoms with Gasteiger partial charge in [-0.1, -0.05) is 17.7 Å². The zero-order valence-electron chi connectivity index (χ0n) is 13.6. The molecule has 1 fully saturated rings. The Morgan fingerprint density at radius 3 is 2.86 bits per heavy atom. The molecule has 2 atom stereocenters. The Morgan fingerprint density at radius 2 is 2.23 bits per heavy atom. The molecular weight excluding hydrogens is 276 g/mol. The number of carbonyl (C=O) groups is 1. The van der Waals surface area contributed by atoms with Crippen molar-refractivity contribution in [2.45, 2.75) is 64.1 Å². The lowest BCUT2D eigenvalue weighted by molar-refractivity contribution is 0.0166. The van der Waals surface area contributed by atoms with Gasteiger partial charge in [0.05, 0.1) is 6.04 Å². The van der Waals surface area contributed by atoms with Gasteiger partial charge in [-0.15, -0.1) is 0 Å². The normalized spacial score (nSPS) is 24.1. The molecule has 0 spiro atoms. The largest absolute Gasteiger partial charge is 0.444 e. The maximum Gasteiger partial charge on any atom is 0.411 e. The quantitative estimate of drug-likeness (QED) is 0.782. The standard InChI is InChI=1S/C18H24N2O2/c1-18(2,3)22-17(21)20-15-6-7-16(20)11-14(10-15)9-13-5-4-8-19-12-13/h4-5,8,10,12,15-16H,6-7,9,11H2,1-3H3. The van der Waals surface area contributed by atoms with Gasteiger partial charge in [0, 0.05) is 18.4 Å². The number of carbonyl (C=O) groups excluding carboxylic acids is 1. The highest BCUT2D eigenvalue weighted by atomic mass is 16.6. The maximum atomic E-state index is 12.4. The van der Waals surface area contributed by atoms with Crippen LogP contribution in [0.1, 0.15) is 45.6 Å². The summed E-state index contributed by atoms with van der Waals surface area (Å²) < 4.78 is 5.56. The Labute approximate surface area is 132 Å². The Kier molecular flexibility index (Phi) is 3.94. The second-order valence-corrected chi connectivity index (χ2v) is 7.25. The van der Waals surface area contributed by atoms with E-state index in [0.717, 1.165) is 25.7 Å². The lowest BCUT2D eigenvalue weighted by Crippen LogP contribution is -2.45. The zero-order valence-corrected chi connectivity index (χ0v) is 13.6. The minimum Gasteiger partial charge on any atom is -0.444 e. The van der Waals surface area contributed by atoms with Crippen molar-refractivity contribution in [2.24, 2.45) is 0 Å². The number of rotatable bonds is 2. The molecule has 3 heterocycles. The van der Waals surface area contributed by atoms with E-state index in [9.17, 15) is 4.79 Å². The fraction of sp³-hybridized carbons (Fsp3) is 0.556. The second-order valence-electron chi connectivity index (χ2n) is 7.25. The molecule has 1 amide bonds. The third kappa shape index (κ3) is 3.32. The molecule has 3 rings (SSSR count). The van der Waals surface area contributed by atoms with Crippen LogP contribution < -0.4 is 0 Å². The van der Waals surface area contributed by atoms with Crippen LogP contribution in [-0.2, 0) is 11.2 Å². The van der Waals surface area contributed by atoms with Crippen molar-refractivity contribution in [2.75, 3.05) is 0 Å². The maximum absolute atomic E-state index is 12.4. The molecule has 2 unspecified atom stereocenters. The summed E-state index contributed by atoms with van der Waals surface area (Å²) in [6.45, 7) is 5.75. The summed E-state index contributed by atoms with van der Waals surface area (Å²) in [6, 6.07) is 4.56. The summed E-state index contributed by atoms with van der Waals surface area (Å²) in [5.74, 6) is 0. The van der Waals surface area contributed by atoms with Crippen molar-refractivity contribution in [3.63, 3.8) is 0 Å². The predicted molar refractivity (Wildman–Crippen MR) is 85.5 cm³/mol. The number of nitrogens with zero attached hydrogens (tertiary/aromatic N) is 2. The first-order valence-electron chi connectivity index (χ1n) is 8.02. The van der Waals surface area contributed by atoms with E-state index in [1.54, 1.807) is 6.20 Å². The van der Waals surface area contributed by atoms with E-state index in [4.69, 9.17) is 4.74 Å². The lowest BCUT2D eigenvalue weighted by Gasteiger charge is -2.35. The summed E-state index contributed by atoms with van der Waals surface area (Å²) in [4.78, 5) is 18.5. The van der Waals surface area contributed by atoms with E-state index in [-0.39, 0.29) is 18.2 Å². The summed E-state index contributed by atoms with van der Waals surface area (Å²) in [7, 11) is 0. The number of amides is 1. The van der Waals surface area contributed by atoms with E-state index in [1.165, 1.54) is 11.1 Å². The van der Waals surface area contributed by atoms with Crippen LogP contribution >= 0.6 is 0 Å². The summed E-state index contributed by atoms with van der Waals surface area (Å²) in [6.07, 6.45) is 9.80. The summed E-state index contributed by atoms with van der Waals surface area (Å²) in [5, 5.41) is 0. The molecule has 0 radical (unpaired) electrons. The first-order chi connectivity index (χ1) is 10.4. The first-order valence-corrected chi connectivity index (χ1v) is 8.02. The van der Waals surface area contributed by atoms with Crippen LogP contribution in [0.2, 0.25) is 0 Å². The zero-order chi connectivity index (χ0) is 15.7. The van der Waals surface area contributed by atoms with Gasteiger partial charge in [-0.25, -0.2) is 4.79 Å². The van der Waals surface area contributed by atoms with Crippen LogP contribution in [0.3, 0.4) is 0 Å². The lowest BCUT2D eigenvalue weighted by atomic mass is 9.96. The fourth-order valence-corrected chi connectivity index (χ4v) is 3.41. The molecule has 118 valence electrons. The molecule has 22 heavy (non-hydrogen) atoms. The molecule has 0 saturated carbocycles. The molecule has 2 aliphatic heterocycles. The van der Waals surface area contributed by atoms with Gasteiger partial charge >= 0.3 is 6.09 Å². The Bertz CT molecular complexity index is 574. The van der Waals surface area contributed by atoms with Crippen LogP contribution in [0.4, 0.5) is 4.79 Å². The van der Waals surface area contributed by atoms with Gasteiger partial charge in [0.1, 0.15) is 5.60 Å². The molecule has 1 aromatic heterocycles. The van der Waals surface area contributed by atoms with Gasteiger partial charge in [-0.05, 0) is 58.1 Å². The van der Waals surface area contributed by atoms with Gasteiger partial charge < -0.3 is 4.74 Å². The first kappa shape index (κ1) is 15.1. The van der Waals surface area contributed by atoms with E-state index >= 15 is 0 Å². The van der Waals surface area contributed by atoms with E-state index in [1.807, 2.05) is 37.9 Å². The van der Waals surface area contributed by atoms with Crippen LogP contribution in [-0.4, -0.2) is 33.7 Å². The fourth-order valence-electron chi connectivity index (χ4n) is 3.41. The Balaban J connectivity index is 1.71. The van der Waals surface area contributed by atoms with Gasteiger partial charge in [0.2, 0.25) is 0 Å². The molecule has 0 N–H and O–H groups in total. The minimum absolute atomic E-state index is 0.170. The summed E-state index contributed by atoms with van der Waals surface area (Å²) >= 11 is 0. The Hall–Kier alpha value is -1.84. The molecule has 4 nitrogen and oxygen atoms in total. The predicted octanol–water partition coefficient (Wildman–Crippen LogP) is 3.72. The SMILES string of the molecule is CC(C)(C)OC(=O)N1C2C=C(Cc3cccnc3)CC1CC2. The second kappa shape index (κ2) is 5.75. The number of hydrogen-bond acceptors (Lipinski definition) is 3. The van der Waals surface area contributed by atoms with Gasteiger partial charge in [0.15, 0.2) is 0 Å². The molecule has 1 saturated heterocycles. The van der Waals surface area contributed by atoms with E-state index < -0.39 is 5.60 Å². The topological polar surface area (TPSA) is 42.4 Å². The van der Waals surface area contributed by atoms with Crippen LogP contribution in [0.5, 0.6) is 0 Å². The number of ether oxygens (including phenoxy) is 1. The van der Waals surface area contributed by atoms with Gasteiger partial charge in [-0.3, -0.25) is 9.88 Å². The highest BCUT2D eigenvalue weighted by Crippen LogP contribution is 2.36. The molecule has 0 aliphatic carbocycles. The highest BCUT2D eigenvalue weighted by Gasteiger charge is 2.41. The third-order valence-electron chi connectivity index (χ3n) is 4.23. The van der Waals surface area contributed by atoms with Crippen molar-refractivity contribution >= 4 is 6.09 Å². The van der Waals surface area contributed by atoms with E-state index in [0.29, 0.717) is 0 Å². The molecule has 1 aromatic rings. The Morgan fingerprint density at radius 1 is 1.41 bits per heavy atom. The van der Waals surface area contributed by atoms with Crippen molar-refractivity contribution in [3.05, 3.63) is 41.7 Å². The number of pyridine rings is 1. The number of aromatic nitrogens is 1. The van der Waals surface area contributed by atoms with Crippen LogP contribution in [0.15, 0.2) is 36.2 Å². The smallest absolute Gasteiger partial charge is 0.411 e. The number of hydrogen-bond donors (Lipinski definition) is 0. The van der Waals surface area contributed by atoms with Crippen molar-refractivity contribution < 1.29 is 9.53 Å². The average Bonchev–Trinajstić information content (AvgIpc) is 2.70. The number of fused-ring (bicyclic) bond motifs is 2.